The highest BCUT2D eigenvalue weighted by Gasteiger charge is 2.48. The van der Waals surface area contributed by atoms with Gasteiger partial charge in [0, 0.05) is 6.54 Å². The second-order valence-corrected chi connectivity index (χ2v) is 4.81. The van der Waals surface area contributed by atoms with Crippen LogP contribution in [0.3, 0.4) is 0 Å². The van der Waals surface area contributed by atoms with Crippen molar-refractivity contribution in [1.29, 1.82) is 0 Å². The average molecular weight is 263 g/mol. The van der Waals surface area contributed by atoms with Crippen molar-refractivity contribution >= 4 is 11.9 Å². The molecule has 0 unspecified atom stereocenters. The second-order valence-electron chi connectivity index (χ2n) is 4.81. The van der Waals surface area contributed by atoms with Gasteiger partial charge >= 0.3 is 5.97 Å². The Bertz CT molecular complexity index is 512. The molecule has 5 nitrogen and oxygen atoms in total. The molecular weight excluding hydrogens is 246 g/mol. The van der Waals surface area contributed by atoms with E-state index in [4.69, 9.17) is 9.84 Å². The third-order valence-corrected chi connectivity index (χ3v) is 3.38. The van der Waals surface area contributed by atoms with Gasteiger partial charge in [0.2, 0.25) is 5.91 Å². The molecule has 1 aromatic carbocycles. The number of methoxy groups -OCH3 is 1. The number of hydrogen-bond donors (Lipinski definition) is 2. The average Bonchev–Trinajstić information content (AvgIpc) is 3.17. The molecule has 0 radical (unpaired) electrons. The Morgan fingerprint density at radius 3 is 2.74 bits per heavy atom. The Hall–Kier alpha value is -2.04. The Morgan fingerprint density at radius 1 is 1.42 bits per heavy atom. The minimum atomic E-state index is -0.892. The third kappa shape index (κ3) is 3.05. The topological polar surface area (TPSA) is 75.6 Å². The maximum Gasteiger partial charge on any atom is 0.307 e. The highest BCUT2D eigenvalue weighted by atomic mass is 16.5. The van der Waals surface area contributed by atoms with Gasteiger partial charge < -0.3 is 15.2 Å². The number of carboxylic acid groups (broad SMARTS) is 1. The largest absolute Gasteiger partial charge is 0.496 e. The summed E-state index contributed by atoms with van der Waals surface area (Å²) in [6.45, 7) is 2.33. The standard InChI is InChI=1S/C14H17NO4/c1-8-3-4-9(5-12(8)19-2)7-15-13(16)10-6-11(10)14(17)18/h3-5,10-11H,6-7H2,1-2H3,(H,15,16)(H,17,18)/t10-,11-/m0/s1. The van der Waals surface area contributed by atoms with Crippen molar-refractivity contribution in [2.75, 3.05) is 7.11 Å². The predicted octanol–water partition coefficient (Wildman–Crippen LogP) is 1.34. The van der Waals surface area contributed by atoms with Crippen molar-refractivity contribution in [2.45, 2.75) is 19.9 Å². The van der Waals surface area contributed by atoms with Gasteiger partial charge in [-0.05, 0) is 30.5 Å². The highest BCUT2D eigenvalue weighted by Crippen LogP contribution is 2.38. The van der Waals surface area contributed by atoms with Crippen molar-refractivity contribution in [2.24, 2.45) is 11.8 Å². The number of hydrogen-bond acceptors (Lipinski definition) is 3. The molecule has 1 aliphatic carbocycles. The molecule has 1 fully saturated rings. The maximum atomic E-state index is 11.7. The molecule has 19 heavy (non-hydrogen) atoms. The highest BCUT2D eigenvalue weighted by molar-refractivity contribution is 5.89. The van der Waals surface area contributed by atoms with E-state index in [0.717, 1.165) is 16.9 Å². The van der Waals surface area contributed by atoms with Crippen LogP contribution >= 0.6 is 0 Å². The van der Waals surface area contributed by atoms with Gasteiger partial charge in [-0.3, -0.25) is 9.59 Å². The zero-order valence-electron chi connectivity index (χ0n) is 11.0. The van der Waals surface area contributed by atoms with Gasteiger partial charge in [0.1, 0.15) is 5.75 Å². The molecule has 1 aromatic rings. The van der Waals surface area contributed by atoms with Gasteiger partial charge in [-0.1, -0.05) is 12.1 Å². The van der Waals surface area contributed by atoms with Crippen molar-refractivity contribution in [3.05, 3.63) is 29.3 Å². The summed E-state index contributed by atoms with van der Waals surface area (Å²) in [5.41, 5.74) is 1.97. The third-order valence-electron chi connectivity index (χ3n) is 3.38. The van der Waals surface area contributed by atoms with E-state index in [1.54, 1.807) is 7.11 Å². The number of carbonyl (C=O) groups excluding carboxylic acids is 1. The predicted molar refractivity (Wildman–Crippen MR) is 68.8 cm³/mol. The zero-order valence-corrected chi connectivity index (χ0v) is 11.0. The normalized spacial score (nSPS) is 20.7. The van der Waals surface area contributed by atoms with Gasteiger partial charge in [0.05, 0.1) is 18.9 Å². The first-order valence-electron chi connectivity index (χ1n) is 6.17. The molecule has 0 aliphatic heterocycles. The summed E-state index contributed by atoms with van der Waals surface area (Å²) < 4.78 is 5.21. The SMILES string of the molecule is COc1cc(CNC(=O)[C@H]2C[C@@H]2C(=O)O)ccc1C. The van der Waals surface area contributed by atoms with Gasteiger partial charge in [-0.2, -0.15) is 0 Å². The number of amides is 1. The van der Waals surface area contributed by atoms with Gasteiger partial charge in [0.15, 0.2) is 0 Å². The lowest BCUT2D eigenvalue weighted by atomic mass is 10.1. The molecule has 0 aromatic heterocycles. The van der Waals surface area contributed by atoms with Crippen LogP contribution in [0.4, 0.5) is 0 Å². The van der Waals surface area contributed by atoms with Crippen LogP contribution in [0, 0.1) is 18.8 Å². The summed E-state index contributed by atoms with van der Waals surface area (Å²) in [7, 11) is 1.60. The number of carboxylic acids is 1. The molecule has 2 N–H and O–H groups in total. The monoisotopic (exact) mass is 263 g/mol. The summed E-state index contributed by atoms with van der Waals surface area (Å²) >= 11 is 0. The zero-order chi connectivity index (χ0) is 14.0. The van der Waals surface area contributed by atoms with Crippen LogP contribution in [0.5, 0.6) is 5.75 Å². The van der Waals surface area contributed by atoms with Crippen LogP contribution in [-0.4, -0.2) is 24.1 Å². The lowest BCUT2D eigenvalue weighted by Crippen LogP contribution is -2.25. The van der Waals surface area contributed by atoms with E-state index in [-0.39, 0.29) is 11.8 Å². The number of benzene rings is 1. The number of aliphatic carboxylic acids is 1. The molecule has 1 aliphatic rings. The first-order chi connectivity index (χ1) is 9.02. The molecule has 102 valence electrons. The molecule has 0 spiro atoms. The molecule has 0 bridgehead atoms. The summed E-state index contributed by atoms with van der Waals surface area (Å²) in [6, 6.07) is 5.72. The smallest absolute Gasteiger partial charge is 0.307 e. The van der Waals surface area contributed by atoms with E-state index < -0.39 is 11.9 Å². The fourth-order valence-corrected chi connectivity index (χ4v) is 2.05. The van der Waals surface area contributed by atoms with E-state index in [1.807, 2.05) is 25.1 Å². The number of nitrogens with one attached hydrogen (secondary N) is 1. The quantitative estimate of drug-likeness (QED) is 0.840. The fraction of sp³-hybridized carbons (Fsp3) is 0.429. The van der Waals surface area contributed by atoms with E-state index >= 15 is 0 Å². The van der Waals surface area contributed by atoms with Gasteiger partial charge in [-0.25, -0.2) is 0 Å². The lowest BCUT2D eigenvalue weighted by Gasteiger charge is -2.08. The van der Waals surface area contributed by atoms with Crippen molar-refractivity contribution < 1.29 is 19.4 Å². The van der Waals surface area contributed by atoms with Crippen LogP contribution in [0.25, 0.3) is 0 Å². The minimum Gasteiger partial charge on any atom is -0.496 e. The van der Waals surface area contributed by atoms with Crippen LogP contribution in [0.15, 0.2) is 18.2 Å². The molecule has 0 saturated heterocycles. The Balaban J connectivity index is 1.89. The number of aryl methyl sites for hydroxylation is 1. The van der Waals surface area contributed by atoms with Crippen molar-refractivity contribution in [3.63, 3.8) is 0 Å². The summed E-state index contributed by atoms with van der Waals surface area (Å²) in [5, 5.41) is 11.5. The first-order valence-corrected chi connectivity index (χ1v) is 6.17. The summed E-state index contributed by atoms with van der Waals surface area (Å²) in [4.78, 5) is 22.4. The van der Waals surface area contributed by atoms with Crippen LogP contribution in [0.2, 0.25) is 0 Å². The van der Waals surface area contributed by atoms with Crippen molar-refractivity contribution in [1.82, 2.24) is 5.32 Å². The molecule has 1 amide bonds. The Morgan fingerprint density at radius 2 is 2.16 bits per heavy atom. The first kappa shape index (κ1) is 13.4. The summed E-state index contributed by atoms with van der Waals surface area (Å²) in [6.07, 6.45) is 0.443. The molecule has 2 atom stereocenters. The molecule has 1 saturated carbocycles. The van der Waals surface area contributed by atoms with E-state index in [1.165, 1.54) is 0 Å². The number of ether oxygens (including phenoxy) is 1. The lowest BCUT2D eigenvalue weighted by molar-refractivity contribution is -0.140. The van der Waals surface area contributed by atoms with E-state index in [0.29, 0.717) is 13.0 Å². The van der Waals surface area contributed by atoms with Gasteiger partial charge in [-0.15, -0.1) is 0 Å². The number of rotatable bonds is 5. The second kappa shape index (κ2) is 5.30. The molecule has 2 rings (SSSR count). The Labute approximate surface area is 111 Å². The Kier molecular flexibility index (Phi) is 3.74. The molecule has 5 heteroatoms. The minimum absolute atomic E-state index is 0.188. The van der Waals surface area contributed by atoms with Crippen LogP contribution < -0.4 is 10.1 Å². The van der Waals surface area contributed by atoms with E-state index in [9.17, 15) is 9.59 Å². The maximum absolute atomic E-state index is 11.7. The van der Waals surface area contributed by atoms with Gasteiger partial charge in [0.25, 0.3) is 0 Å². The van der Waals surface area contributed by atoms with E-state index in [2.05, 4.69) is 5.32 Å². The number of carbonyl (C=O) groups is 2. The summed E-state index contributed by atoms with van der Waals surface area (Å²) in [5.74, 6) is -1.18. The molecular formula is C14H17NO4. The van der Waals surface area contributed by atoms with Crippen LogP contribution in [0.1, 0.15) is 17.5 Å². The molecule has 0 heterocycles. The van der Waals surface area contributed by atoms with Crippen molar-refractivity contribution in [3.8, 4) is 5.75 Å². The van der Waals surface area contributed by atoms with Crippen LogP contribution in [-0.2, 0) is 16.1 Å². The fourth-order valence-electron chi connectivity index (χ4n) is 2.05.